The molecule has 2 N–H and O–H groups in total. The third-order valence-corrected chi connectivity index (χ3v) is 4.02. The van der Waals surface area contributed by atoms with Crippen molar-refractivity contribution in [3.8, 4) is 0 Å². The number of hydrogen-bond acceptors (Lipinski definition) is 4. The number of carbonyl (C=O) groups is 1. The van der Waals surface area contributed by atoms with E-state index in [1.165, 1.54) is 0 Å². The maximum absolute atomic E-state index is 10.9. The number of hydrogen-bond donors (Lipinski definition) is 1. The molecule has 1 saturated heterocycles. The fraction of sp³-hybridized carbons (Fsp3) is 0.833. The van der Waals surface area contributed by atoms with E-state index < -0.39 is 8.20 Å². The van der Waals surface area contributed by atoms with Crippen LogP contribution in [0.15, 0.2) is 0 Å². The van der Waals surface area contributed by atoms with Crippen molar-refractivity contribution in [1.82, 2.24) is 4.31 Å². The van der Waals surface area contributed by atoms with E-state index in [2.05, 4.69) is 0 Å². The molecule has 70 valence electrons. The van der Waals surface area contributed by atoms with Gasteiger partial charge in [0.25, 0.3) is 0 Å². The lowest BCUT2D eigenvalue weighted by Gasteiger charge is -2.35. The summed E-state index contributed by atoms with van der Waals surface area (Å²) in [5.74, 6) is -0.269. The molecule has 12 heavy (non-hydrogen) atoms. The predicted molar refractivity (Wildman–Crippen MR) is 55.6 cm³/mol. The molecule has 6 heteroatoms. The first-order valence-electron chi connectivity index (χ1n) is 3.75. The smallest absolute Gasteiger partial charge is 0.221 e. The first-order chi connectivity index (χ1) is 5.61. The Balaban J connectivity index is 2.57. The Kier molecular flexibility index (Phi) is 3.82. The molecular weight excluding hydrogens is 212 g/mol. The summed E-state index contributed by atoms with van der Waals surface area (Å²) in [5.41, 5.74) is 5.20. The number of rotatable bonds is 2. The van der Waals surface area contributed by atoms with Crippen LogP contribution in [0.1, 0.15) is 12.8 Å². The zero-order valence-corrected chi connectivity index (χ0v) is 9.01. The van der Waals surface area contributed by atoms with E-state index in [9.17, 15) is 4.79 Å². The molecule has 0 spiro atoms. The Labute approximate surface area is 83.3 Å². The van der Waals surface area contributed by atoms with Crippen LogP contribution in [-0.2, 0) is 35.4 Å². The van der Waals surface area contributed by atoms with Gasteiger partial charge in [-0.2, -0.15) is 0 Å². The molecule has 0 aromatic rings. The zero-order chi connectivity index (χ0) is 9.14. The van der Waals surface area contributed by atoms with Crippen LogP contribution < -0.4 is 5.73 Å². The van der Waals surface area contributed by atoms with Gasteiger partial charge in [0.1, 0.15) is 0 Å². The first kappa shape index (κ1) is 10.3. The standard InChI is InChI=1S/C6H11N2OS3/c7-6(9)5-2-1-3-8(4-5)12(10)11/h5H,1-4H2,(H2,7,9)/q-1. The second kappa shape index (κ2) is 4.45. The Hall–Kier alpha value is 0.220. The van der Waals surface area contributed by atoms with E-state index in [-0.39, 0.29) is 11.8 Å². The molecule has 1 aliphatic rings. The average molecular weight is 223 g/mol. The van der Waals surface area contributed by atoms with Gasteiger partial charge in [-0.1, -0.05) is 0 Å². The van der Waals surface area contributed by atoms with Crippen LogP contribution in [-0.4, -0.2) is 23.3 Å². The minimum absolute atomic E-state index is 0.0420. The van der Waals surface area contributed by atoms with Crippen molar-refractivity contribution < 1.29 is 4.79 Å². The lowest BCUT2D eigenvalue weighted by molar-refractivity contribution is -0.122. The van der Waals surface area contributed by atoms with Gasteiger partial charge in [0.2, 0.25) is 5.91 Å². The van der Waals surface area contributed by atoms with Crippen molar-refractivity contribution in [3.05, 3.63) is 0 Å². The highest BCUT2D eigenvalue weighted by Crippen LogP contribution is 2.15. The maximum atomic E-state index is 10.9. The third kappa shape index (κ3) is 2.62. The minimum atomic E-state index is -0.547. The third-order valence-electron chi connectivity index (χ3n) is 2.00. The Morgan fingerprint density at radius 1 is 1.58 bits per heavy atom. The van der Waals surface area contributed by atoms with E-state index in [1.807, 2.05) is 4.31 Å². The van der Waals surface area contributed by atoms with Crippen LogP contribution >= 0.6 is 0 Å². The van der Waals surface area contributed by atoms with Crippen molar-refractivity contribution in [3.63, 3.8) is 0 Å². The zero-order valence-electron chi connectivity index (χ0n) is 6.56. The van der Waals surface area contributed by atoms with E-state index in [0.29, 0.717) is 6.54 Å². The summed E-state index contributed by atoms with van der Waals surface area (Å²) >= 11 is 9.91. The Morgan fingerprint density at radius 2 is 2.25 bits per heavy atom. The maximum Gasteiger partial charge on any atom is 0.221 e. The van der Waals surface area contributed by atoms with Crippen molar-refractivity contribution in [1.29, 1.82) is 0 Å². The van der Waals surface area contributed by atoms with Gasteiger partial charge in [0, 0.05) is 5.92 Å². The van der Waals surface area contributed by atoms with Crippen LogP contribution in [0.2, 0.25) is 0 Å². The van der Waals surface area contributed by atoms with Crippen LogP contribution in [0.25, 0.3) is 0 Å². The summed E-state index contributed by atoms with van der Waals surface area (Å²) in [5, 5.41) is 0. The molecule has 1 atom stereocenters. The van der Waals surface area contributed by atoms with Gasteiger partial charge in [-0.15, -0.1) is 0 Å². The number of piperidine rings is 1. The van der Waals surface area contributed by atoms with E-state index in [4.69, 9.17) is 28.1 Å². The van der Waals surface area contributed by atoms with Gasteiger partial charge in [-0.05, 0) is 25.9 Å². The molecule has 0 aromatic carbocycles. The highest BCUT2D eigenvalue weighted by molar-refractivity contribution is 8.45. The Morgan fingerprint density at radius 3 is 2.75 bits per heavy atom. The highest BCUT2D eigenvalue weighted by atomic mass is 33.1. The molecule has 0 radical (unpaired) electrons. The van der Waals surface area contributed by atoms with Crippen LogP contribution in [0.4, 0.5) is 0 Å². The topological polar surface area (TPSA) is 46.3 Å². The van der Waals surface area contributed by atoms with Crippen molar-refractivity contribution in [2.75, 3.05) is 13.1 Å². The summed E-state index contributed by atoms with van der Waals surface area (Å²) in [6.07, 6.45) is 1.86. The largest absolute Gasteiger partial charge is 0.382 e. The molecule has 3 nitrogen and oxygen atoms in total. The van der Waals surface area contributed by atoms with Gasteiger partial charge in [0.05, 0.1) is 0 Å². The Bertz CT molecular complexity index is 243. The quantitative estimate of drug-likeness (QED) is 0.650. The second-order valence-electron chi connectivity index (χ2n) is 2.85. The average Bonchev–Trinajstić information content (AvgIpc) is 2.04. The van der Waals surface area contributed by atoms with Gasteiger partial charge < -0.3 is 10.0 Å². The number of primary amides is 1. The normalized spacial score (nSPS) is 25.9. The molecule has 1 fully saturated rings. The molecule has 1 heterocycles. The molecule has 0 aromatic heterocycles. The lowest BCUT2D eigenvalue weighted by atomic mass is 9.99. The molecule has 0 saturated carbocycles. The summed E-state index contributed by atoms with van der Waals surface area (Å²) in [6, 6.07) is 0. The fourth-order valence-corrected chi connectivity index (χ4v) is 2.70. The summed E-state index contributed by atoms with van der Waals surface area (Å²) in [7, 11) is -0.547. The molecule has 1 rings (SSSR count). The monoisotopic (exact) mass is 223 g/mol. The molecular formula is C6H11N2OS3-. The fourth-order valence-electron chi connectivity index (χ4n) is 1.31. The van der Waals surface area contributed by atoms with Crippen molar-refractivity contribution in [2.45, 2.75) is 12.8 Å². The minimum Gasteiger partial charge on any atom is -0.382 e. The van der Waals surface area contributed by atoms with Gasteiger partial charge in [-0.3, -0.25) is 13.0 Å². The van der Waals surface area contributed by atoms with Crippen LogP contribution in [0, 0.1) is 5.92 Å². The van der Waals surface area contributed by atoms with Crippen molar-refractivity contribution >= 4 is 36.5 Å². The first-order valence-corrected chi connectivity index (χ1v) is 6.78. The van der Waals surface area contributed by atoms with Crippen LogP contribution in [0.3, 0.4) is 0 Å². The molecule has 1 aliphatic heterocycles. The van der Waals surface area contributed by atoms with Gasteiger partial charge >= 0.3 is 0 Å². The summed E-state index contributed by atoms with van der Waals surface area (Å²) in [6.45, 7) is 1.57. The molecule has 0 bridgehead atoms. The predicted octanol–water partition coefficient (Wildman–Crippen LogP) is -0.359. The van der Waals surface area contributed by atoms with Gasteiger partial charge in [0.15, 0.2) is 0 Å². The molecule has 1 amide bonds. The lowest BCUT2D eigenvalue weighted by Crippen LogP contribution is -2.39. The second-order valence-corrected chi connectivity index (χ2v) is 6.32. The van der Waals surface area contributed by atoms with E-state index in [0.717, 1.165) is 19.4 Å². The van der Waals surface area contributed by atoms with Crippen molar-refractivity contribution in [2.24, 2.45) is 11.7 Å². The van der Waals surface area contributed by atoms with Gasteiger partial charge in [-0.25, -0.2) is 22.4 Å². The molecule has 1 unspecified atom stereocenters. The highest BCUT2D eigenvalue weighted by Gasteiger charge is 2.20. The van der Waals surface area contributed by atoms with Crippen LogP contribution in [0.5, 0.6) is 0 Å². The van der Waals surface area contributed by atoms with E-state index >= 15 is 0 Å². The number of nitrogens with two attached hydrogens (primary N) is 1. The number of amides is 1. The molecule has 0 aliphatic carbocycles. The summed E-state index contributed by atoms with van der Waals surface area (Å²) in [4.78, 5) is 10.9. The SMILES string of the molecule is NC(=O)C1CCCN([S-](=S)=S)C1. The number of carbonyl (C=O) groups excluding carboxylic acids is 1. The summed E-state index contributed by atoms with van der Waals surface area (Å²) < 4.78 is 1.98. The number of nitrogens with zero attached hydrogens (tertiary/aromatic N) is 1. The van der Waals surface area contributed by atoms with E-state index in [1.54, 1.807) is 0 Å².